The first kappa shape index (κ1) is 29.6. The van der Waals surface area contributed by atoms with Gasteiger partial charge in [0.25, 0.3) is 0 Å². The minimum Gasteiger partial charge on any atom is -0.457 e. The van der Waals surface area contributed by atoms with Crippen LogP contribution in [-0.4, -0.2) is 16.2 Å². The SMILES string of the molecule is Cc1cccc(N2C=CN(c3cccc(Oc4ccc5c6ccccc6n(-c6cc(C(C)(C)C)ccn6)c5c4)c3)C2)c1-c1ccccc1. The van der Waals surface area contributed by atoms with Crippen molar-refractivity contribution in [3.05, 3.63) is 157 Å². The standard InChI is InChI=1S/C43H38N4O/c1-30-12-10-19-39(42(30)31-13-6-5-7-14-31)46-25-24-45(29-46)33-15-11-16-34(27-33)48-35-20-21-37-36-17-8-9-18-38(36)47(40(37)28-35)41-26-32(22-23-44-41)43(2,3)4/h5-28H,29H2,1-4H3. The first-order valence-electron chi connectivity index (χ1n) is 16.5. The average molecular weight is 627 g/mol. The van der Waals surface area contributed by atoms with E-state index in [9.17, 15) is 0 Å². The summed E-state index contributed by atoms with van der Waals surface area (Å²) in [4.78, 5) is 9.38. The number of aryl methyl sites for hydroxylation is 1. The van der Waals surface area contributed by atoms with Gasteiger partial charge in [-0.3, -0.25) is 4.57 Å². The van der Waals surface area contributed by atoms with Crippen LogP contribution < -0.4 is 14.5 Å². The van der Waals surface area contributed by atoms with Crippen LogP contribution in [0.3, 0.4) is 0 Å². The molecule has 0 saturated carbocycles. The second-order valence-electron chi connectivity index (χ2n) is 13.5. The number of pyridine rings is 1. The molecule has 5 nitrogen and oxygen atoms in total. The molecule has 0 saturated heterocycles. The van der Waals surface area contributed by atoms with Crippen LogP contribution in [0.5, 0.6) is 11.5 Å². The van der Waals surface area contributed by atoms with Crippen LogP contribution >= 0.6 is 0 Å². The number of hydrogen-bond acceptors (Lipinski definition) is 4. The Morgan fingerprint density at radius 1 is 0.646 bits per heavy atom. The second kappa shape index (κ2) is 11.8. The number of aromatic nitrogens is 2. The maximum atomic E-state index is 6.56. The molecular weight excluding hydrogens is 589 g/mol. The number of nitrogens with zero attached hydrogens (tertiary/aromatic N) is 4. The molecule has 1 aliphatic rings. The molecule has 2 aromatic heterocycles. The zero-order valence-corrected chi connectivity index (χ0v) is 27.8. The molecule has 236 valence electrons. The van der Waals surface area contributed by atoms with Crippen LogP contribution in [-0.2, 0) is 5.41 Å². The molecule has 0 atom stereocenters. The van der Waals surface area contributed by atoms with Crippen molar-refractivity contribution >= 4 is 33.2 Å². The Bertz CT molecular complexity index is 2310. The van der Waals surface area contributed by atoms with Gasteiger partial charge in [0.05, 0.1) is 23.4 Å². The van der Waals surface area contributed by atoms with Crippen molar-refractivity contribution in [2.45, 2.75) is 33.1 Å². The Morgan fingerprint density at radius 2 is 1.40 bits per heavy atom. The van der Waals surface area contributed by atoms with Crippen LogP contribution in [0.25, 0.3) is 38.8 Å². The highest BCUT2D eigenvalue weighted by atomic mass is 16.5. The monoisotopic (exact) mass is 626 g/mol. The number of fused-ring (bicyclic) bond motifs is 3. The quantitative estimate of drug-likeness (QED) is 0.184. The predicted molar refractivity (Wildman–Crippen MR) is 199 cm³/mol. The van der Waals surface area contributed by atoms with Gasteiger partial charge in [0.2, 0.25) is 0 Å². The number of anilines is 2. The highest BCUT2D eigenvalue weighted by Crippen LogP contribution is 2.38. The summed E-state index contributed by atoms with van der Waals surface area (Å²) >= 11 is 0. The Hall–Kier alpha value is -5.81. The molecule has 0 radical (unpaired) electrons. The number of rotatable bonds is 6. The Labute approximate surface area is 282 Å². The molecule has 5 heteroatoms. The lowest BCUT2D eigenvalue weighted by molar-refractivity contribution is 0.483. The lowest BCUT2D eigenvalue weighted by Crippen LogP contribution is -2.25. The van der Waals surface area contributed by atoms with E-state index in [-0.39, 0.29) is 5.41 Å². The lowest BCUT2D eigenvalue weighted by atomic mass is 9.88. The summed E-state index contributed by atoms with van der Waals surface area (Å²) < 4.78 is 8.81. The van der Waals surface area contributed by atoms with E-state index < -0.39 is 0 Å². The molecule has 1 aliphatic heterocycles. The zero-order chi connectivity index (χ0) is 32.8. The van der Waals surface area contributed by atoms with E-state index in [4.69, 9.17) is 9.72 Å². The third-order valence-corrected chi connectivity index (χ3v) is 9.22. The van der Waals surface area contributed by atoms with Gasteiger partial charge in [-0.05, 0) is 77.6 Å². The molecule has 0 bridgehead atoms. The zero-order valence-electron chi connectivity index (χ0n) is 27.8. The van der Waals surface area contributed by atoms with Crippen molar-refractivity contribution in [3.63, 3.8) is 0 Å². The second-order valence-corrected chi connectivity index (χ2v) is 13.5. The van der Waals surface area contributed by atoms with Crippen LogP contribution in [0.15, 0.2) is 146 Å². The maximum Gasteiger partial charge on any atom is 0.137 e. The van der Waals surface area contributed by atoms with Crippen LogP contribution in [0, 0.1) is 6.92 Å². The fourth-order valence-corrected chi connectivity index (χ4v) is 6.75. The summed E-state index contributed by atoms with van der Waals surface area (Å²) in [5.41, 5.74) is 9.45. The minimum atomic E-state index is 0.0154. The minimum absolute atomic E-state index is 0.0154. The van der Waals surface area contributed by atoms with Crippen molar-refractivity contribution in [2.24, 2.45) is 0 Å². The van der Waals surface area contributed by atoms with E-state index in [1.165, 1.54) is 38.7 Å². The summed E-state index contributed by atoms with van der Waals surface area (Å²) in [6.45, 7) is 9.59. The summed E-state index contributed by atoms with van der Waals surface area (Å²) in [6, 6.07) is 44.6. The predicted octanol–water partition coefficient (Wildman–Crippen LogP) is 11.0. The van der Waals surface area contributed by atoms with Gasteiger partial charge in [-0.2, -0.15) is 0 Å². The van der Waals surface area contributed by atoms with Gasteiger partial charge < -0.3 is 14.5 Å². The topological polar surface area (TPSA) is 33.5 Å². The summed E-state index contributed by atoms with van der Waals surface area (Å²) in [5, 5.41) is 2.36. The number of benzene rings is 5. The van der Waals surface area contributed by atoms with Crippen LogP contribution in [0.4, 0.5) is 11.4 Å². The lowest BCUT2D eigenvalue weighted by Gasteiger charge is -2.25. The molecule has 0 fully saturated rings. The average Bonchev–Trinajstić information content (AvgIpc) is 3.72. The van der Waals surface area contributed by atoms with Crippen molar-refractivity contribution in [3.8, 4) is 28.4 Å². The third kappa shape index (κ3) is 5.37. The van der Waals surface area contributed by atoms with Gasteiger partial charge in [-0.15, -0.1) is 0 Å². The van der Waals surface area contributed by atoms with Crippen molar-refractivity contribution < 1.29 is 4.74 Å². The normalized spacial score (nSPS) is 13.2. The van der Waals surface area contributed by atoms with Crippen molar-refractivity contribution in [1.29, 1.82) is 0 Å². The van der Waals surface area contributed by atoms with E-state index in [0.717, 1.165) is 34.0 Å². The molecular formula is C43H38N4O. The van der Waals surface area contributed by atoms with E-state index in [1.807, 2.05) is 12.3 Å². The van der Waals surface area contributed by atoms with Crippen LogP contribution in [0.1, 0.15) is 31.9 Å². The number of hydrogen-bond donors (Lipinski definition) is 0. The van der Waals surface area contributed by atoms with Crippen molar-refractivity contribution in [1.82, 2.24) is 9.55 Å². The van der Waals surface area contributed by atoms with E-state index in [1.54, 1.807) is 0 Å². The molecule has 0 amide bonds. The molecule has 48 heavy (non-hydrogen) atoms. The largest absolute Gasteiger partial charge is 0.457 e. The Kier molecular flexibility index (Phi) is 7.25. The molecule has 7 aromatic rings. The molecule has 0 spiro atoms. The number of ether oxygens (including phenoxy) is 1. The summed E-state index contributed by atoms with van der Waals surface area (Å²) in [7, 11) is 0. The van der Waals surface area contributed by atoms with E-state index in [0.29, 0.717) is 6.67 Å². The van der Waals surface area contributed by atoms with Gasteiger partial charge in [0.15, 0.2) is 0 Å². The first-order chi connectivity index (χ1) is 23.3. The van der Waals surface area contributed by atoms with Gasteiger partial charge in [-0.1, -0.05) is 87.5 Å². The van der Waals surface area contributed by atoms with Gasteiger partial charge in [0.1, 0.15) is 17.3 Å². The molecule has 8 rings (SSSR count). The van der Waals surface area contributed by atoms with Gasteiger partial charge in [-0.25, -0.2) is 4.98 Å². The Balaban J connectivity index is 1.10. The fourth-order valence-electron chi connectivity index (χ4n) is 6.75. The smallest absolute Gasteiger partial charge is 0.137 e. The highest BCUT2D eigenvalue weighted by molar-refractivity contribution is 6.09. The van der Waals surface area contributed by atoms with E-state index >= 15 is 0 Å². The fraction of sp³-hybridized carbons (Fsp3) is 0.140. The molecule has 0 N–H and O–H groups in total. The summed E-state index contributed by atoms with van der Waals surface area (Å²) in [5.74, 6) is 2.47. The molecule has 0 unspecified atom stereocenters. The van der Waals surface area contributed by atoms with Gasteiger partial charge >= 0.3 is 0 Å². The van der Waals surface area contributed by atoms with E-state index in [2.05, 4.69) is 176 Å². The first-order valence-corrected chi connectivity index (χ1v) is 16.5. The highest BCUT2D eigenvalue weighted by Gasteiger charge is 2.21. The Morgan fingerprint density at radius 3 is 2.25 bits per heavy atom. The molecule has 5 aromatic carbocycles. The molecule has 0 aliphatic carbocycles. The molecule has 3 heterocycles. The van der Waals surface area contributed by atoms with Crippen molar-refractivity contribution in [2.75, 3.05) is 16.5 Å². The maximum absolute atomic E-state index is 6.56. The summed E-state index contributed by atoms with van der Waals surface area (Å²) in [6.07, 6.45) is 6.21. The third-order valence-electron chi connectivity index (χ3n) is 9.22. The van der Waals surface area contributed by atoms with Gasteiger partial charge in [0, 0.05) is 52.8 Å². The van der Waals surface area contributed by atoms with Crippen LogP contribution in [0.2, 0.25) is 0 Å². The number of para-hydroxylation sites is 1.